The second kappa shape index (κ2) is 5.14. The van der Waals surface area contributed by atoms with Crippen LogP contribution in [0.3, 0.4) is 0 Å². The molecule has 0 N–H and O–H groups in total. The van der Waals surface area contributed by atoms with Gasteiger partial charge in [0.2, 0.25) is 3.42 Å². The van der Waals surface area contributed by atoms with E-state index in [1.54, 1.807) is 0 Å². The first-order valence-electron chi connectivity index (χ1n) is 3.32. The van der Waals surface area contributed by atoms with Crippen molar-refractivity contribution in [3.8, 4) is 5.75 Å². The average Bonchev–Trinajstić information content (AvgIpc) is 2.05. The van der Waals surface area contributed by atoms with Crippen molar-refractivity contribution in [2.24, 2.45) is 0 Å². The van der Waals surface area contributed by atoms with Crippen LogP contribution in [0.5, 0.6) is 5.75 Å². The van der Waals surface area contributed by atoms with Crippen LogP contribution in [-0.4, -0.2) is 3.42 Å². The second-order valence-electron chi connectivity index (χ2n) is 2.19. The zero-order valence-electron chi connectivity index (χ0n) is 6.31. The largest absolute Gasteiger partial charge is 0.464 e. The van der Waals surface area contributed by atoms with Gasteiger partial charge in [-0.25, -0.2) is 0 Å². The van der Waals surface area contributed by atoms with Crippen molar-refractivity contribution in [3.63, 3.8) is 0 Å². The van der Waals surface area contributed by atoms with Crippen molar-refractivity contribution < 1.29 is 4.74 Å². The highest BCUT2D eigenvalue weighted by atomic mass is 79.9. The quantitative estimate of drug-likeness (QED) is 0.619. The van der Waals surface area contributed by atoms with E-state index in [-0.39, 0.29) is 0 Å². The predicted molar refractivity (Wildman–Crippen MR) is 68.8 cm³/mol. The number of halogens is 4. The maximum absolute atomic E-state index is 5.57. The van der Waals surface area contributed by atoms with Crippen molar-refractivity contribution in [1.82, 2.24) is 0 Å². The van der Waals surface area contributed by atoms with Crippen molar-refractivity contribution >= 4 is 63.7 Å². The van der Waals surface area contributed by atoms with Gasteiger partial charge in [-0.3, -0.25) is 0 Å². The standard InChI is InChI=1S/C8H5Br4O/c9-7(10)8(11,12)13-6-4-2-1-3-5-6/h1-5H. The Morgan fingerprint density at radius 2 is 1.62 bits per heavy atom. The van der Waals surface area contributed by atoms with E-state index in [4.69, 9.17) is 4.74 Å². The van der Waals surface area contributed by atoms with Crippen molar-refractivity contribution in [2.75, 3.05) is 0 Å². The fourth-order valence-electron chi connectivity index (χ4n) is 0.675. The molecule has 0 saturated heterocycles. The zero-order valence-corrected chi connectivity index (χ0v) is 12.7. The highest BCUT2D eigenvalue weighted by molar-refractivity contribution is 9.31. The fourth-order valence-corrected chi connectivity index (χ4v) is 1.21. The van der Waals surface area contributed by atoms with Crippen molar-refractivity contribution in [2.45, 2.75) is 3.42 Å². The molecule has 0 aliphatic carbocycles. The van der Waals surface area contributed by atoms with Crippen molar-refractivity contribution in [3.05, 3.63) is 34.1 Å². The molecular weight excluding hydrogens is 432 g/mol. The summed E-state index contributed by atoms with van der Waals surface area (Å²) < 4.78 is 5.58. The van der Waals surface area contributed by atoms with E-state index in [1.165, 1.54) is 0 Å². The SMILES string of the molecule is Br[C](Br)C(Br)(Br)Oc1ccccc1. The summed E-state index contributed by atoms with van der Waals surface area (Å²) in [7, 11) is 0. The first kappa shape index (κ1) is 12.0. The van der Waals surface area contributed by atoms with Crippen LogP contribution in [0.1, 0.15) is 0 Å². The van der Waals surface area contributed by atoms with E-state index in [9.17, 15) is 0 Å². The van der Waals surface area contributed by atoms with Gasteiger partial charge in [-0.2, -0.15) is 0 Å². The Morgan fingerprint density at radius 3 is 2.08 bits per heavy atom. The molecule has 1 radical (unpaired) electrons. The maximum atomic E-state index is 5.57. The maximum Gasteiger partial charge on any atom is 0.245 e. The fraction of sp³-hybridized carbons (Fsp3) is 0.125. The van der Waals surface area contributed by atoms with E-state index in [1.807, 2.05) is 30.3 Å². The molecule has 1 aromatic rings. The van der Waals surface area contributed by atoms with E-state index in [0.717, 1.165) is 9.49 Å². The van der Waals surface area contributed by atoms with Crippen LogP contribution in [0.2, 0.25) is 0 Å². The van der Waals surface area contributed by atoms with Gasteiger partial charge in [0.05, 0.1) is 0 Å². The molecule has 0 saturated carbocycles. The van der Waals surface area contributed by atoms with Gasteiger partial charge >= 0.3 is 0 Å². The first-order valence-corrected chi connectivity index (χ1v) is 6.50. The lowest BCUT2D eigenvalue weighted by molar-refractivity contribution is 0.308. The van der Waals surface area contributed by atoms with Crippen LogP contribution >= 0.6 is 63.7 Å². The monoisotopic (exact) mass is 433 g/mol. The summed E-state index contributed by atoms with van der Waals surface area (Å²) in [4.78, 5) is 0. The number of benzene rings is 1. The molecule has 0 aliphatic rings. The molecule has 1 rings (SSSR count). The van der Waals surface area contributed by atoms with Gasteiger partial charge in [0, 0.05) is 0 Å². The Labute approximate surface area is 111 Å². The number of para-hydroxylation sites is 1. The van der Waals surface area contributed by atoms with Crippen molar-refractivity contribution in [1.29, 1.82) is 0 Å². The minimum atomic E-state index is -0.721. The minimum absolute atomic E-state index is 0.721. The number of rotatable bonds is 3. The summed E-state index contributed by atoms with van der Waals surface area (Å²) in [5, 5.41) is 0. The van der Waals surface area contributed by atoms with Crippen LogP contribution < -0.4 is 4.74 Å². The lowest BCUT2D eigenvalue weighted by Crippen LogP contribution is -2.22. The van der Waals surface area contributed by atoms with E-state index < -0.39 is 3.42 Å². The average molecular weight is 437 g/mol. The van der Waals surface area contributed by atoms with E-state index in [2.05, 4.69) is 63.7 Å². The zero-order chi connectivity index (χ0) is 9.90. The molecule has 71 valence electrons. The van der Waals surface area contributed by atoms with Gasteiger partial charge in [-0.1, -0.05) is 50.1 Å². The summed E-state index contributed by atoms with van der Waals surface area (Å²) in [5.74, 6) is 0.771. The highest BCUT2D eigenvalue weighted by Crippen LogP contribution is 2.45. The molecule has 0 unspecified atom stereocenters. The van der Waals surface area contributed by atoms with Crippen LogP contribution in [-0.2, 0) is 0 Å². The smallest absolute Gasteiger partial charge is 0.245 e. The summed E-state index contributed by atoms with van der Waals surface area (Å²) in [6, 6.07) is 9.51. The Morgan fingerprint density at radius 1 is 1.08 bits per heavy atom. The lowest BCUT2D eigenvalue weighted by atomic mass is 10.3. The Kier molecular flexibility index (Phi) is 4.75. The minimum Gasteiger partial charge on any atom is -0.464 e. The predicted octanol–water partition coefficient (Wildman–Crippen LogP) is 4.79. The lowest BCUT2D eigenvalue weighted by Gasteiger charge is -2.22. The first-order chi connectivity index (χ1) is 6.02. The molecule has 0 spiro atoms. The molecule has 1 nitrogen and oxygen atoms in total. The van der Waals surface area contributed by atoms with Crippen LogP contribution in [0.25, 0.3) is 0 Å². The number of hydrogen-bond donors (Lipinski definition) is 0. The van der Waals surface area contributed by atoms with Gasteiger partial charge in [0.15, 0.2) is 3.74 Å². The molecule has 13 heavy (non-hydrogen) atoms. The molecule has 0 aliphatic heterocycles. The Bertz CT molecular complexity index is 260. The van der Waals surface area contributed by atoms with Gasteiger partial charge in [-0.15, -0.1) is 0 Å². The molecule has 0 fully saturated rings. The third kappa shape index (κ3) is 3.90. The molecule has 1 aromatic carbocycles. The topological polar surface area (TPSA) is 9.23 Å². The molecule has 0 heterocycles. The third-order valence-corrected chi connectivity index (χ3v) is 5.57. The summed E-state index contributed by atoms with van der Waals surface area (Å²) in [5.41, 5.74) is 0. The van der Waals surface area contributed by atoms with Gasteiger partial charge in [0.1, 0.15) is 5.75 Å². The second-order valence-corrected chi connectivity index (χ2v) is 8.14. The van der Waals surface area contributed by atoms with Crippen LogP contribution in [0.15, 0.2) is 30.3 Å². The van der Waals surface area contributed by atoms with E-state index >= 15 is 0 Å². The Balaban J connectivity index is 2.69. The Hall–Kier alpha value is 0.940. The van der Waals surface area contributed by atoms with Crippen LogP contribution in [0, 0.1) is 3.74 Å². The molecule has 0 aromatic heterocycles. The molecule has 0 bridgehead atoms. The number of hydrogen-bond acceptors (Lipinski definition) is 1. The molecular formula is C8H5Br4O. The van der Waals surface area contributed by atoms with Crippen LogP contribution in [0.4, 0.5) is 0 Å². The molecule has 0 atom stereocenters. The third-order valence-electron chi connectivity index (χ3n) is 1.21. The molecule has 5 heteroatoms. The molecule has 0 amide bonds. The van der Waals surface area contributed by atoms with Gasteiger partial charge < -0.3 is 4.74 Å². The number of ether oxygens (including phenoxy) is 1. The summed E-state index contributed by atoms with van der Waals surface area (Å²) in [6.07, 6.45) is 0. The number of alkyl halides is 2. The summed E-state index contributed by atoms with van der Waals surface area (Å²) >= 11 is 13.2. The van der Waals surface area contributed by atoms with Gasteiger partial charge in [-0.05, 0) is 44.0 Å². The summed E-state index contributed by atoms with van der Waals surface area (Å²) in [6.45, 7) is 0. The highest BCUT2D eigenvalue weighted by Gasteiger charge is 2.33. The van der Waals surface area contributed by atoms with E-state index in [0.29, 0.717) is 0 Å². The normalized spacial score (nSPS) is 11.8. The van der Waals surface area contributed by atoms with Gasteiger partial charge in [0.25, 0.3) is 0 Å².